The Kier molecular flexibility index (Phi) is 4.22. The molecule has 0 bridgehead atoms. The van der Waals surface area contributed by atoms with Gasteiger partial charge in [-0.05, 0) is 12.3 Å². The van der Waals surface area contributed by atoms with Gasteiger partial charge in [0.1, 0.15) is 5.82 Å². The molecule has 106 valence electrons. The van der Waals surface area contributed by atoms with Gasteiger partial charge in [0.25, 0.3) is 0 Å². The second-order valence-electron chi connectivity index (χ2n) is 5.85. The van der Waals surface area contributed by atoms with E-state index in [1.807, 2.05) is 19.0 Å². The van der Waals surface area contributed by atoms with Gasteiger partial charge in [-0.1, -0.05) is 27.2 Å². The first-order chi connectivity index (χ1) is 9.01. The van der Waals surface area contributed by atoms with E-state index in [2.05, 4.69) is 40.6 Å². The van der Waals surface area contributed by atoms with Crippen molar-refractivity contribution in [2.75, 3.05) is 37.0 Å². The van der Waals surface area contributed by atoms with Crippen LogP contribution < -0.4 is 9.80 Å². The van der Waals surface area contributed by atoms with Crippen molar-refractivity contribution < 1.29 is 0 Å². The Morgan fingerprint density at radius 1 is 1.26 bits per heavy atom. The molecule has 0 amide bonds. The van der Waals surface area contributed by atoms with Crippen molar-refractivity contribution in [1.29, 1.82) is 0 Å². The zero-order valence-corrected chi connectivity index (χ0v) is 12.7. The highest BCUT2D eigenvalue weighted by Gasteiger charge is 2.24. The summed E-state index contributed by atoms with van der Waals surface area (Å²) in [6, 6.07) is 0. The lowest BCUT2D eigenvalue weighted by atomic mass is 10.1. The quantitative estimate of drug-likeness (QED) is 0.834. The molecule has 1 aromatic rings. The zero-order chi connectivity index (χ0) is 14.0. The van der Waals surface area contributed by atoms with Crippen molar-refractivity contribution in [1.82, 2.24) is 15.0 Å². The topological polar surface area (TPSA) is 45.2 Å². The molecule has 1 saturated heterocycles. The molecule has 0 N–H and O–H groups in total. The fraction of sp³-hybridized carbons (Fsp3) is 0.786. The number of hydrogen-bond acceptors (Lipinski definition) is 5. The summed E-state index contributed by atoms with van der Waals surface area (Å²) < 4.78 is 0. The second kappa shape index (κ2) is 5.72. The van der Waals surface area contributed by atoms with Crippen LogP contribution in [-0.4, -0.2) is 42.1 Å². The minimum absolute atomic E-state index is 0.324. The molecule has 1 unspecified atom stereocenters. The fourth-order valence-electron chi connectivity index (χ4n) is 2.32. The Balaban J connectivity index is 2.29. The van der Waals surface area contributed by atoms with Gasteiger partial charge in [0.2, 0.25) is 11.9 Å². The minimum atomic E-state index is 0.324. The number of hydrogen-bond donors (Lipinski definition) is 0. The molecule has 2 rings (SSSR count). The molecule has 2 heterocycles. The van der Waals surface area contributed by atoms with Crippen LogP contribution in [0.15, 0.2) is 0 Å². The maximum absolute atomic E-state index is 4.64. The molecule has 1 aromatic heterocycles. The number of rotatable bonds is 4. The van der Waals surface area contributed by atoms with Crippen LogP contribution in [-0.2, 0) is 0 Å². The van der Waals surface area contributed by atoms with Gasteiger partial charge in [0, 0.05) is 33.1 Å². The lowest BCUT2D eigenvalue weighted by Gasteiger charge is -2.20. The molecule has 0 radical (unpaired) electrons. The highest BCUT2D eigenvalue weighted by molar-refractivity contribution is 5.39. The predicted molar refractivity (Wildman–Crippen MR) is 78.9 cm³/mol. The molecule has 1 atom stereocenters. The van der Waals surface area contributed by atoms with Gasteiger partial charge in [0.15, 0.2) is 0 Å². The zero-order valence-electron chi connectivity index (χ0n) is 12.7. The molecule has 0 spiro atoms. The Labute approximate surface area is 116 Å². The number of nitrogens with zero attached hydrogens (tertiary/aromatic N) is 5. The molecule has 5 heteroatoms. The Morgan fingerprint density at radius 3 is 2.53 bits per heavy atom. The van der Waals surface area contributed by atoms with Crippen LogP contribution in [0.4, 0.5) is 11.9 Å². The molecule has 1 aliphatic heterocycles. The van der Waals surface area contributed by atoms with E-state index in [4.69, 9.17) is 0 Å². The van der Waals surface area contributed by atoms with Crippen LogP contribution in [0.25, 0.3) is 0 Å². The van der Waals surface area contributed by atoms with Crippen molar-refractivity contribution in [3.05, 3.63) is 5.82 Å². The van der Waals surface area contributed by atoms with Crippen molar-refractivity contribution in [2.45, 2.75) is 39.5 Å². The molecule has 5 nitrogen and oxygen atoms in total. The van der Waals surface area contributed by atoms with Gasteiger partial charge >= 0.3 is 0 Å². The van der Waals surface area contributed by atoms with E-state index >= 15 is 0 Å². The van der Waals surface area contributed by atoms with Crippen molar-refractivity contribution >= 4 is 11.9 Å². The van der Waals surface area contributed by atoms with Crippen LogP contribution in [0.1, 0.15) is 45.4 Å². The smallest absolute Gasteiger partial charge is 0.230 e. The summed E-state index contributed by atoms with van der Waals surface area (Å²) in [7, 11) is 3.95. The standard InChI is InChI=1S/C14H25N5/c1-6-11-7-8-19(9-11)14-16-12(10(2)3)15-13(17-14)18(4)5/h10-11H,6-9H2,1-5H3. The maximum Gasteiger partial charge on any atom is 0.230 e. The molecule has 0 aliphatic carbocycles. The number of anilines is 2. The predicted octanol–water partition coefficient (Wildman–Crippen LogP) is 2.30. The summed E-state index contributed by atoms with van der Waals surface area (Å²) in [6.07, 6.45) is 2.48. The molecular weight excluding hydrogens is 238 g/mol. The van der Waals surface area contributed by atoms with E-state index in [1.165, 1.54) is 12.8 Å². The van der Waals surface area contributed by atoms with Gasteiger partial charge in [-0.3, -0.25) is 0 Å². The highest BCUT2D eigenvalue weighted by atomic mass is 15.3. The van der Waals surface area contributed by atoms with E-state index in [1.54, 1.807) is 0 Å². The monoisotopic (exact) mass is 263 g/mol. The summed E-state index contributed by atoms with van der Waals surface area (Å²) in [6.45, 7) is 8.64. The Bertz CT molecular complexity index is 404. The molecule has 1 aliphatic rings. The van der Waals surface area contributed by atoms with Crippen LogP contribution in [0.2, 0.25) is 0 Å². The maximum atomic E-state index is 4.64. The largest absolute Gasteiger partial charge is 0.347 e. The van der Waals surface area contributed by atoms with E-state index in [0.29, 0.717) is 5.92 Å². The fourth-order valence-corrected chi connectivity index (χ4v) is 2.32. The van der Waals surface area contributed by atoms with Crippen LogP contribution >= 0.6 is 0 Å². The molecule has 19 heavy (non-hydrogen) atoms. The van der Waals surface area contributed by atoms with Gasteiger partial charge in [-0.2, -0.15) is 15.0 Å². The van der Waals surface area contributed by atoms with Crippen LogP contribution in [0.5, 0.6) is 0 Å². The van der Waals surface area contributed by atoms with Crippen LogP contribution in [0, 0.1) is 5.92 Å². The van der Waals surface area contributed by atoms with Crippen molar-refractivity contribution in [3.63, 3.8) is 0 Å². The SMILES string of the molecule is CCC1CCN(c2nc(C(C)C)nc(N(C)C)n2)C1. The first-order valence-corrected chi connectivity index (χ1v) is 7.19. The van der Waals surface area contributed by atoms with Crippen molar-refractivity contribution in [3.8, 4) is 0 Å². The Morgan fingerprint density at radius 2 is 2.00 bits per heavy atom. The van der Waals surface area contributed by atoms with E-state index in [-0.39, 0.29) is 0 Å². The van der Waals surface area contributed by atoms with Crippen molar-refractivity contribution in [2.24, 2.45) is 5.92 Å². The summed E-state index contributed by atoms with van der Waals surface area (Å²) >= 11 is 0. The third kappa shape index (κ3) is 3.14. The lowest BCUT2D eigenvalue weighted by Crippen LogP contribution is -2.25. The second-order valence-corrected chi connectivity index (χ2v) is 5.85. The summed E-state index contributed by atoms with van der Waals surface area (Å²) in [5.74, 6) is 3.59. The van der Waals surface area contributed by atoms with Gasteiger partial charge in [-0.15, -0.1) is 0 Å². The third-order valence-electron chi connectivity index (χ3n) is 3.69. The van der Waals surface area contributed by atoms with Gasteiger partial charge < -0.3 is 9.80 Å². The molecule has 0 saturated carbocycles. The first-order valence-electron chi connectivity index (χ1n) is 7.19. The number of aromatic nitrogens is 3. The lowest BCUT2D eigenvalue weighted by molar-refractivity contribution is 0.568. The first kappa shape index (κ1) is 14.0. The van der Waals surface area contributed by atoms with Gasteiger partial charge in [0.05, 0.1) is 0 Å². The normalized spacial score (nSPS) is 19.3. The van der Waals surface area contributed by atoms with E-state index < -0.39 is 0 Å². The van der Waals surface area contributed by atoms with Gasteiger partial charge in [-0.25, -0.2) is 0 Å². The third-order valence-corrected chi connectivity index (χ3v) is 3.69. The summed E-state index contributed by atoms with van der Waals surface area (Å²) in [5.41, 5.74) is 0. The molecule has 0 aromatic carbocycles. The summed E-state index contributed by atoms with van der Waals surface area (Å²) in [5, 5.41) is 0. The van der Waals surface area contributed by atoms with E-state index in [0.717, 1.165) is 36.7 Å². The molecular formula is C14H25N5. The van der Waals surface area contributed by atoms with E-state index in [9.17, 15) is 0 Å². The average molecular weight is 263 g/mol. The average Bonchev–Trinajstić information content (AvgIpc) is 2.86. The summed E-state index contributed by atoms with van der Waals surface area (Å²) in [4.78, 5) is 18.0. The molecule has 1 fully saturated rings. The minimum Gasteiger partial charge on any atom is -0.347 e. The van der Waals surface area contributed by atoms with Crippen LogP contribution in [0.3, 0.4) is 0 Å². The Hall–Kier alpha value is -1.39. The highest BCUT2D eigenvalue weighted by Crippen LogP contribution is 2.25.